The largest absolute Gasteiger partial charge is 0.372 e. The molecule has 0 aromatic carbocycles. The van der Waals surface area contributed by atoms with Crippen LogP contribution < -0.4 is 5.32 Å². The summed E-state index contributed by atoms with van der Waals surface area (Å²) in [4.78, 5) is 9.19. The molecule has 3 nitrogen and oxygen atoms in total. The van der Waals surface area contributed by atoms with Crippen molar-refractivity contribution in [3.8, 4) is 0 Å². The molecule has 0 amide bonds. The summed E-state index contributed by atoms with van der Waals surface area (Å²) in [5.74, 6) is 4.49. The molecule has 1 heterocycles. The number of aromatic nitrogens is 2. The van der Waals surface area contributed by atoms with Crippen LogP contribution in [0.15, 0.2) is 6.20 Å². The lowest BCUT2D eigenvalue weighted by atomic mass is 9.88. The van der Waals surface area contributed by atoms with E-state index in [1.54, 1.807) is 0 Å². The number of halogens is 1. The lowest BCUT2D eigenvalue weighted by molar-refractivity contribution is 0.405. The Balaban J connectivity index is 1.89. The normalized spacial score (nSPS) is 32.0. The first kappa shape index (κ1) is 10.7. The molecular formula is C12H16IN3. The second kappa shape index (κ2) is 4.13. The molecule has 3 unspecified atom stereocenters. The summed E-state index contributed by atoms with van der Waals surface area (Å²) in [7, 11) is 1.93. The van der Waals surface area contributed by atoms with Crippen LogP contribution in [-0.2, 0) is 0 Å². The van der Waals surface area contributed by atoms with Crippen molar-refractivity contribution in [1.82, 2.24) is 9.97 Å². The minimum absolute atomic E-state index is 0.628. The number of rotatable bonds is 2. The van der Waals surface area contributed by atoms with E-state index < -0.39 is 0 Å². The highest BCUT2D eigenvalue weighted by Gasteiger charge is 2.41. The number of hydrogen-bond donors (Lipinski definition) is 1. The smallest absolute Gasteiger partial charge is 0.142 e. The molecule has 1 aromatic rings. The van der Waals surface area contributed by atoms with Crippen LogP contribution in [-0.4, -0.2) is 17.0 Å². The first-order chi connectivity index (χ1) is 7.78. The van der Waals surface area contributed by atoms with Gasteiger partial charge in [-0.15, -0.1) is 0 Å². The van der Waals surface area contributed by atoms with Gasteiger partial charge in [-0.3, -0.25) is 0 Å². The number of hydrogen-bond acceptors (Lipinski definition) is 3. The van der Waals surface area contributed by atoms with Gasteiger partial charge in [-0.2, -0.15) is 0 Å². The van der Waals surface area contributed by atoms with E-state index in [0.29, 0.717) is 5.92 Å². The maximum atomic E-state index is 4.66. The molecule has 2 aliphatic carbocycles. The third-order valence-corrected chi connectivity index (χ3v) is 4.86. The molecule has 0 spiro atoms. The lowest BCUT2D eigenvalue weighted by Crippen LogP contribution is -2.13. The molecule has 0 aliphatic heterocycles. The predicted molar refractivity (Wildman–Crippen MR) is 72.5 cm³/mol. The van der Waals surface area contributed by atoms with E-state index >= 15 is 0 Å². The van der Waals surface area contributed by atoms with Gasteiger partial charge >= 0.3 is 0 Å². The second-order valence-corrected chi connectivity index (χ2v) is 6.12. The summed E-state index contributed by atoms with van der Waals surface area (Å²) in [6, 6.07) is 0. The Hall–Kier alpha value is -0.390. The number of nitrogens with zero attached hydrogens (tertiary/aromatic N) is 2. The molecule has 3 rings (SSSR count). The van der Waals surface area contributed by atoms with Crippen molar-refractivity contribution < 1.29 is 0 Å². The highest BCUT2D eigenvalue weighted by Crippen LogP contribution is 2.52. The van der Waals surface area contributed by atoms with Crippen molar-refractivity contribution in [3.05, 3.63) is 15.6 Å². The van der Waals surface area contributed by atoms with Crippen molar-refractivity contribution in [3.63, 3.8) is 0 Å². The van der Waals surface area contributed by atoms with E-state index in [1.165, 1.54) is 25.7 Å². The van der Waals surface area contributed by atoms with Crippen LogP contribution in [0.4, 0.5) is 5.82 Å². The molecule has 2 fully saturated rings. The zero-order valence-electron chi connectivity index (χ0n) is 9.41. The van der Waals surface area contributed by atoms with Gasteiger partial charge in [0.15, 0.2) is 0 Å². The minimum atomic E-state index is 0.628. The van der Waals surface area contributed by atoms with Gasteiger partial charge in [0.05, 0.1) is 3.57 Å². The molecular weight excluding hydrogens is 313 g/mol. The van der Waals surface area contributed by atoms with Crippen molar-refractivity contribution in [1.29, 1.82) is 0 Å². The summed E-state index contributed by atoms with van der Waals surface area (Å²) in [6.07, 6.45) is 7.49. The van der Waals surface area contributed by atoms with Gasteiger partial charge in [0.25, 0.3) is 0 Å². The Labute approximate surface area is 110 Å². The molecule has 1 aromatic heterocycles. The third-order valence-electron chi connectivity index (χ3n) is 4.07. The number of fused-ring (bicyclic) bond motifs is 2. The monoisotopic (exact) mass is 329 g/mol. The van der Waals surface area contributed by atoms with E-state index in [1.807, 2.05) is 13.2 Å². The van der Waals surface area contributed by atoms with Crippen molar-refractivity contribution in [2.45, 2.75) is 31.6 Å². The highest BCUT2D eigenvalue weighted by atomic mass is 127. The molecule has 16 heavy (non-hydrogen) atoms. The summed E-state index contributed by atoms with van der Waals surface area (Å²) < 4.78 is 1.10. The maximum Gasteiger partial charge on any atom is 0.142 e. The Bertz CT molecular complexity index is 407. The van der Waals surface area contributed by atoms with Crippen LogP contribution in [0.25, 0.3) is 0 Å². The first-order valence-electron chi connectivity index (χ1n) is 5.98. The predicted octanol–water partition coefficient (Wildman–Crippen LogP) is 3.03. The van der Waals surface area contributed by atoms with Gasteiger partial charge in [-0.1, -0.05) is 6.42 Å². The topological polar surface area (TPSA) is 37.8 Å². The Morgan fingerprint density at radius 3 is 2.88 bits per heavy atom. The third kappa shape index (κ3) is 1.71. The highest BCUT2D eigenvalue weighted by molar-refractivity contribution is 14.1. The molecule has 2 saturated carbocycles. The van der Waals surface area contributed by atoms with Crippen molar-refractivity contribution in [2.24, 2.45) is 11.8 Å². The van der Waals surface area contributed by atoms with Gasteiger partial charge in [0.1, 0.15) is 11.6 Å². The fourth-order valence-electron chi connectivity index (χ4n) is 3.30. The summed E-state index contributed by atoms with van der Waals surface area (Å²) in [5.41, 5.74) is 0. The maximum absolute atomic E-state index is 4.66. The Morgan fingerprint density at radius 2 is 2.25 bits per heavy atom. The van der Waals surface area contributed by atoms with E-state index in [9.17, 15) is 0 Å². The molecule has 0 radical (unpaired) electrons. The fraction of sp³-hybridized carbons (Fsp3) is 0.667. The number of nitrogens with one attached hydrogen (secondary N) is 1. The van der Waals surface area contributed by atoms with Crippen LogP contribution in [0.2, 0.25) is 0 Å². The fourth-order valence-corrected chi connectivity index (χ4v) is 3.83. The average Bonchev–Trinajstić information content (AvgIpc) is 2.91. The number of anilines is 1. The van der Waals surface area contributed by atoms with Crippen molar-refractivity contribution in [2.75, 3.05) is 12.4 Å². The molecule has 2 bridgehead atoms. The van der Waals surface area contributed by atoms with Gasteiger partial charge in [-0.05, 0) is 53.7 Å². The van der Waals surface area contributed by atoms with E-state index in [4.69, 9.17) is 0 Å². The quantitative estimate of drug-likeness (QED) is 0.848. The first-order valence-corrected chi connectivity index (χ1v) is 7.06. The molecule has 2 aliphatic rings. The molecule has 3 atom stereocenters. The van der Waals surface area contributed by atoms with Crippen LogP contribution in [0.1, 0.15) is 37.4 Å². The zero-order chi connectivity index (χ0) is 11.1. The van der Waals surface area contributed by atoms with Crippen LogP contribution in [0.3, 0.4) is 0 Å². The Kier molecular flexibility index (Phi) is 2.77. The molecule has 0 saturated heterocycles. The minimum Gasteiger partial charge on any atom is -0.372 e. The van der Waals surface area contributed by atoms with Crippen LogP contribution in [0.5, 0.6) is 0 Å². The molecule has 86 valence electrons. The Morgan fingerprint density at radius 1 is 1.38 bits per heavy atom. The van der Waals surface area contributed by atoms with E-state index in [0.717, 1.165) is 27.0 Å². The van der Waals surface area contributed by atoms with Crippen molar-refractivity contribution >= 4 is 28.4 Å². The zero-order valence-corrected chi connectivity index (χ0v) is 11.6. The van der Waals surface area contributed by atoms with E-state index in [-0.39, 0.29) is 0 Å². The molecule has 1 N–H and O–H groups in total. The van der Waals surface area contributed by atoms with E-state index in [2.05, 4.69) is 37.9 Å². The van der Waals surface area contributed by atoms with Crippen LogP contribution in [0, 0.1) is 15.4 Å². The summed E-state index contributed by atoms with van der Waals surface area (Å²) in [5, 5.41) is 3.14. The molecule has 4 heteroatoms. The van der Waals surface area contributed by atoms with Gasteiger partial charge in [0.2, 0.25) is 0 Å². The van der Waals surface area contributed by atoms with Gasteiger partial charge < -0.3 is 5.32 Å². The van der Waals surface area contributed by atoms with Crippen LogP contribution >= 0.6 is 22.6 Å². The lowest BCUT2D eigenvalue weighted by Gasteiger charge is -2.20. The second-order valence-electron chi connectivity index (χ2n) is 4.96. The average molecular weight is 329 g/mol. The van der Waals surface area contributed by atoms with Gasteiger partial charge in [0, 0.05) is 19.2 Å². The summed E-state index contributed by atoms with van der Waals surface area (Å²) in [6.45, 7) is 0. The SMILES string of the molecule is CNc1nc(C2CC3CCC2C3)ncc1I. The van der Waals surface area contributed by atoms with Gasteiger partial charge in [-0.25, -0.2) is 9.97 Å². The summed E-state index contributed by atoms with van der Waals surface area (Å²) >= 11 is 2.28. The standard InChI is InChI=1S/C12H16IN3/c1-14-12-10(13)6-15-11(16-12)9-5-7-2-3-8(9)4-7/h6-9H,2-5H2,1H3,(H,14,15,16).